The number of sulfonamides is 1. The van der Waals surface area contributed by atoms with Gasteiger partial charge in [0.05, 0.1) is 17.1 Å². The fraction of sp³-hybridized carbons (Fsp3) is 0.667. The molecule has 0 atom stereocenters. The van der Waals surface area contributed by atoms with Crippen molar-refractivity contribution in [2.75, 3.05) is 20.7 Å². The Morgan fingerprint density at radius 3 is 2.04 bits per heavy atom. The van der Waals surface area contributed by atoms with Crippen LogP contribution < -0.4 is 0 Å². The number of hydrogen-bond acceptors (Lipinski definition) is 4. The summed E-state index contributed by atoms with van der Waals surface area (Å²) < 4.78 is 30.9. The summed E-state index contributed by atoms with van der Waals surface area (Å²) >= 11 is 0. The van der Waals surface area contributed by atoms with E-state index in [2.05, 4.69) is 0 Å². The lowest BCUT2D eigenvalue weighted by Crippen LogP contribution is -2.46. The van der Waals surface area contributed by atoms with Crippen LogP contribution in [0.4, 0.5) is 0 Å². The number of hydrogen-bond donors (Lipinski definition) is 0. The number of rotatable bonds is 6. The van der Waals surface area contributed by atoms with Gasteiger partial charge in [0, 0.05) is 14.1 Å². The van der Waals surface area contributed by atoms with Crippen LogP contribution in [-0.4, -0.2) is 39.4 Å². The van der Waals surface area contributed by atoms with Crippen LogP contribution in [0.25, 0.3) is 0 Å². The Bertz CT molecular complexity index is 778. The van der Waals surface area contributed by atoms with Crippen molar-refractivity contribution >= 4 is 16.0 Å². The Kier molecular flexibility index (Phi) is 4.83. The highest BCUT2D eigenvalue weighted by Gasteiger charge is 2.50. The van der Waals surface area contributed by atoms with Crippen molar-refractivity contribution in [3.05, 3.63) is 29.8 Å². The normalized spacial score (nSPS) is 32.0. The highest BCUT2D eigenvalue weighted by atomic mass is 32.2. The van der Waals surface area contributed by atoms with Crippen molar-refractivity contribution in [1.82, 2.24) is 4.31 Å². The molecule has 4 saturated carbocycles. The number of nitrogens with zero attached hydrogens (tertiary/aromatic N) is 1. The summed E-state index contributed by atoms with van der Waals surface area (Å²) in [6.45, 7) is 0.461. The SMILES string of the molecule is CN(C)S(=O)(=O)c1ccc(C(=O)OCCC23CC4CC(CC(C4)C2)C3)cc1. The molecule has 0 unspecified atom stereocenters. The fourth-order valence-electron chi connectivity index (χ4n) is 6.01. The molecule has 4 aliphatic rings. The second-order valence-corrected chi connectivity index (χ2v) is 11.3. The number of carbonyl (C=O) groups excluding carboxylic acids is 1. The minimum absolute atomic E-state index is 0.178. The fourth-order valence-corrected chi connectivity index (χ4v) is 6.92. The molecule has 4 fully saturated rings. The van der Waals surface area contributed by atoms with Crippen molar-refractivity contribution in [2.45, 2.75) is 49.8 Å². The van der Waals surface area contributed by atoms with E-state index in [1.807, 2.05) is 0 Å². The Labute approximate surface area is 162 Å². The van der Waals surface area contributed by atoms with Gasteiger partial charge in [-0.3, -0.25) is 0 Å². The van der Waals surface area contributed by atoms with Crippen molar-refractivity contribution in [1.29, 1.82) is 0 Å². The summed E-state index contributed by atoms with van der Waals surface area (Å²) in [4.78, 5) is 12.5. The first-order chi connectivity index (χ1) is 12.8. The van der Waals surface area contributed by atoms with Crippen molar-refractivity contribution in [3.8, 4) is 0 Å². The first-order valence-corrected chi connectivity index (χ1v) is 11.4. The van der Waals surface area contributed by atoms with Gasteiger partial charge in [0.25, 0.3) is 0 Å². The smallest absolute Gasteiger partial charge is 0.338 e. The van der Waals surface area contributed by atoms with E-state index in [0.717, 1.165) is 28.5 Å². The molecule has 1 aromatic carbocycles. The highest BCUT2D eigenvalue weighted by Crippen LogP contribution is 2.61. The molecule has 0 radical (unpaired) electrons. The predicted octanol–water partition coefficient (Wildman–Crippen LogP) is 3.70. The van der Waals surface area contributed by atoms with Gasteiger partial charge in [0.15, 0.2) is 0 Å². The zero-order chi connectivity index (χ0) is 19.2. The van der Waals surface area contributed by atoms with Crippen LogP contribution in [-0.2, 0) is 14.8 Å². The molecule has 0 aromatic heterocycles. The second kappa shape index (κ2) is 6.89. The molecule has 1 aromatic rings. The zero-order valence-corrected chi connectivity index (χ0v) is 17.0. The molecule has 0 amide bonds. The van der Waals surface area contributed by atoms with Gasteiger partial charge in [0.1, 0.15) is 0 Å². The van der Waals surface area contributed by atoms with Crippen LogP contribution >= 0.6 is 0 Å². The second-order valence-electron chi connectivity index (χ2n) is 9.12. The first kappa shape index (κ1) is 18.9. The van der Waals surface area contributed by atoms with E-state index in [1.54, 1.807) is 0 Å². The van der Waals surface area contributed by atoms with Crippen LogP contribution in [0.3, 0.4) is 0 Å². The molecule has 0 aliphatic heterocycles. The summed E-state index contributed by atoms with van der Waals surface area (Å²) in [7, 11) is -0.505. The summed E-state index contributed by atoms with van der Waals surface area (Å²) in [6, 6.07) is 5.99. The Hall–Kier alpha value is -1.40. The first-order valence-electron chi connectivity index (χ1n) is 9.97. The average Bonchev–Trinajstić information content (AvgIpc) is 2.60. The highest BCUT2D eigenvalue weighted by molar-refractivity contribution is 7.89. The van der Waals surface area contributed by atoms with Gasteiger partial charge in [0.2, 0.25) is 10.0 Å². The third kappa shape index (κ3) is 3.66. The molecular formula is C21H29NO4S. The number of carbonyl (C=O) groups is 1. The van der Waals surface area contributed by atoms with E-state index in [-0.39, 0.29) is 10.9 Å². The van der Waals surface area contributed by atoms with E-state index in [0.29, 0.717) is 17.6 Å². The Morgan fingerprint density at radius 1 is 1.04 bits per heavy atom. The summed E-state index contributed by atoms with van der Waals surface area (Å²) in [5.74, 6) is 2.34. The molecule has 4 aliphatic carbocycles. The van der Waals surface area contributed by atoms with Gasteiger partial charge < -0.3 is 4.74 Å². The van der Waals surface area contributed by atoms with Crippen molar-refractivity contribution < 1.29 is 17.9 Å². The standard InChI is InChI=1S/C21H29NO4S/c1-22(2)27(24,25)19-5-3-18(4-6-19)20(23)26-8-7-21-12-15-9-16(13-21)11-17(10-15)14-21/h3-6,15-17H,7-14H2,1-2H3. The lowest BCUT2D eigenvalue weighted by Gasteiger charge is -2.57. The quantitative estimate of drug-likeness (QED) is 0.694. The van der Waals surface area contributed by atoms with E-state index in [4.69, 9.17) is 4.74 Å². The molecule has 5 nitrogen and oxygen atoms in total. The minimum Gasteiger partial charge on any atom is -0.462 e. The van der Waals surface area contributed by atoms with Crippen molar-refractivity contribution in [2.24, 2.45) is 23.2 Å². The van der Waals surface area contributed by atoms with Crippen LogP contribution in [0.5, 0.6) is 0 Å². The molecule has 6 heteroatoms. The molecule has 4 bridgehead atoms. The largest absolute Gasteiger partial charge is 0.462 e. The Balaban J connectivity index is 1.34. The van der Waals surface area contributed by atoms with Gasteiger partial charge in [-0.2, -0.15) is 0 Å². The van der Waals surface area contributed by atoms with Gasteiger partial charge in [-0.15, -0.1) is 0 Å². The molecule has 27 heavy (non-hydrogen) atoms. The lowest BCUT2D eigenvalue weighted by atomic mass is 9.49. The maximum Gasteiger partial charge on any atom is 0.338 e. The average molecular weight is 392 g/mol. The van der Waals surface area contributed by atoms with Gasteiger partial charge in [-0.05, 0) is 92.4 Å². The van der Waals surface area contributed by atoms with Crippen LogP contribution in [0.1, 0.15) is 55.3 Å². The summed E-state index contributed by atoms with van der Waals surface area (Å²) in [5, 5.41) is 0. The number of esters is 1. The van der Waals surface area contributed by atoms with Gasteiger partial charge in [-0.1, -0.05) is 0 Å². The van der Waals surface area contributed by atoms with Crippen LogP contribution in [0.15, 0.2) is 29.2 Å². The van der Waals surface area contributed by atoms with E-state index >= 15 is 0 Å². The van der Waals surface area contributed by atoms with Gasteiger partial charge >= 0.3 is 5.97 Å². The third-order valence-corrected chi connectivity index (χ3v) is 8.73. The third-order valence-electron chi connectivity index (χ3n) is 6.90. The molecule has 5 rings (SSSR count). The predicted molar refractivity (Wildman–Crippen MR) is 103 cm³/mol. The Morgan fingerprint density at radius 2 is 1.56 bits per heavy atom. The molecule has 0 saturated heterocycles. The minimum atomic E-state index is -3.48. The molecule has 0 N–H and O–H groups in total. The maximum atomic E-state index is 12.3. The number of benzene rings is 1. The van der Waals surface area contributed by atoms with E-state index < -0.39 is 10.0 Å². The molecule has 148 valence electrons. The van der Waals surface area contributed by atoms with Crippen LogP contribution in [0, 0.1) is 23.2 Å². The molecule has 0 spiro atoms. The van der Waals surface area contributed by atoms with Crippen molar-refractivity contribution in [3.63, 3.8) is 0 Å². The van der Waals surface area contributed by atoms with E-state index in [1.165, 1.54) is 76.9 Å². The maximum absolute atomic E-state index is 12.3. The monoisotopic (exact) mass is 391 g/mol. The summed E-state index contributed by atoms with van der Waals surface area (Å²) in [6.07, 6.45) is 9.16. The topological polar surface area (TPSA) is 63.7 Å². The number of ether oxygens (including phenoxy) is 1. The molecular weight excluding hydrogens is 362 g/mol. The zero-order valence-electron chi connectivity index (χ0n) is 16.2. The van der Waals surface area contributed by atoms with Gasteiger partial charge in [-0.25, -0.2) is 17.5 Å². The summed E-state index contributed by atoms with van der Waals surface area (Å²) in [5.41, 5.74) is 0.803. The lowest BCUT2D eigenvalue weighted by molar-refractivity contribution is -0.0653. The van der Waals surface area contributed by atoms with E-state index in [9.17, 15) is 13.2 Å². The molecule has 0 heterocycles. The van der Waals surface area contributed by atoms with Crippen LogP contribution in [0.2, 0.25) is 0 Å².